The van der Waals surface area contributed by atoms with Crippen molar-refractivity contribution >= 4 is 23.5 Å². The maximum Gasteiger partial charge on any atom is 0.417 e. The van der Waals surface area contributed by atoms with Crippen LogP contribution in [0.5, 0.6) is 0 Å². The molecule has 3 nitrogen and oxygen atoms in total. The van der Waals surface area contributed by atoms with Gasteiger partial charge in [-0.1, -0.05) is 29.8 Å². The van der Waals surface area contributed by atoms with Crippen LogP contribution in [0.4, 0.5) is 13.2 Å². The van der Waals surface area contributed by atoms with Gasteiger partial charge in [-0.05, 0) is 18.2 Å². The van der Waals surface area contributed by atoms with E-state index < -0.39 is 23.1 Å². The van der Waals surface area contributed by atoms with Crippen LogP contribution < -0.4 is 0 Å². The molecule has 0 bridgehead atoms. The molecular weight excluding hydrogens is 305 g/mol. The van der Waals surface area contributed by atoms with Crippen molar-refractivity contribution in [1.29, 1.82) is 0 Å². The molecule has 21 heavy (non-hydrogen) atoms. The van der Waals surface area contributed by atoms with Crippen LogP contribution in [0.3, 0.4) is 0 Å². The summed E-state index contributed by atoms with van der Waals surface area (Å²) in [5, 5.41) is 4.28. The lowest BCUT2D eigenvalue weighted by atomic mass is 10.0. The third kappa shape index (κ3) is 3.52. The third-order valence-electron chi connectivity index (χ3n) is 2.70. The predicted molar refractivity (Wildman–Crippen MR) is 73.0 cm³/mol. The monoisotopic (exact) mass is 314 g/mol. The maximum atomic E-state index is 12.8. The van der Waals surface area contributed by atoms with E-state index in [4.69, 9.17) is 11.6 Å². The van der Waals surface area contributed by atoms with Gasteiger partial charge in [0.2, 0.25) is 0 Å². The first-order valence-electron chi connectivity index (χ1n) is 5.87. The van der Waals surface area contributed by atoms with Gasteiger partial charge in [-0.15, -0.1) is 0 Å². The Hall–Kier alpha value is -2.08. The molecule has 0 aliphatic carbocycles. The minimum Gasteiger partial charge on any atom is -0.289 e. The molecule has 0 N–H and O–H groups in total. The van der Waals surface area contributed by atoms with Crippen molar-refractivity contribution in [2.75, 3.05) is 0 Å². The average molecular weight is 315 g/mol. The largest absolute Gasteiger partial charge is 0.417 e. The Kier molecular flexibility index (Phi) is 4.18. The summed E-state index contributed by atoms with van der Waals surface area (Å²) >= 11 is 5.85. The molecule has 0 atom stereocenters. The summed E-state index contributed by atoms with van der Waals surface area (Å²) in [5.41, 5.74) is -1.06. The zero-order valence-electron chi connectivity index (χ0n) is 10.9. The zero-order chi connectivity index (χ0) is 15.6. The molecule has 0 aliphatic rings. The Morgan fingerprint density at radius 1 is 1.33 bits per heavy atom. The van der Waals surface area contributed by atoms with Crippen LogP contribution in [0.2, 0.25) is 5.02 Å². The fourth-order valence-corrected chi connectivity index (χ4v) is 2.02. The normalized spacial score (nSPS) is 12.0. The molecule has 0 saturated carbocycles. The number of aryl methyl sites for hydroxylation is 1. The van der Waals surface area contributed by atoms with Gasteiger partial charge in [0.15, 0.2) is 5.78 Å². The van der Waals surface area contributed by atoms with Crippen molar-refractivity contribution in [2.24, 2.45) is 7.05 Å². The number of carbonyl (C=O) groups is 1. The first-order chi connectivity index (χ1) is 9.79. The van der Waals surface area contributed by atoms with Gasteiger partial charge in [-0.25, -0.2) is 0 Å². The van der Waals surface area contributed by atoms with Crippen LogP contribution in [0, 0.1) is 0 Å². The van der Waals surface area contributed by atoms with Gasteiger partial charge in [0, 0.05) is 18.8 Å². The Labute approximate surface area is 123 Å². The van der Waals surface area contributed by atoms with Crippen LogP contribution in [0.1, 0.15) is 21.6 Å². The minimum atomic E-state index is -4.58. The molecule has 2 aromatic rings. The summed E-state index contributed by atoms with van der Waals surface area (Å²) in [6.45, 7) is 0. The molecule has 0 saturated heterocycles. The van der Waals surface area contributed by atoms with Crippen molar-refractivity contribution < 1.29 is 18.0 Å². The SMILES string of the molecule is Cn1cc(Cl)c(/C=C/C(=O)c2ccccc2C(F)(F)F)n1. The lowest BCUT2D eigenvalue weighted by Crippen LogP contribution is -2.11. The Morgan fingerprint density at radius 2 is 2.00 bits per heavy atom. The number of hydrogen-bond donors (Lipinski definition) is 0. The van der Waals surface area contributed by atoms with Crippen LogP contribution in [0.25, 0.3) is 6.08 Å². The summed E-state index contributed by atoms with van der Waals surface area (Å²) in [4.78, 5) is 11.9. The molecule has 0 aliphatic heterocycles. The fourth-order valence-electron chi connectivity index (χ4n) is 1.78. The fraction of sp³-hybridized carbons (Fsp3) is 0.143. The standard InChI is InChI=1S/C14H10ClF3N2O/c1-20-8-11(15)12(19-20)6-7-13(21)9-4-2-3-5-10(9)14(16,17)18/h2-8H,1H3/b7-6+. The number of carbonyl (C=O) groups excluding carboxylic acids is 1. The zero-order valence-corrected chi connectivity index (χ0v) is 11.6. The summed E-state index contributed by atoms with van der Waals surface area (Å²) in [6.07, 6.45) is -0.741. The van der Waals surface area contributed by atoms with Gasteiger partial charge in [-0.3, -0.25) is 9.48 Å². The number of allylic oxidation sites excluding steroid dienone is 1. The number of hydrogen-bond acceptors (Lipinski definition) is 2. The highest BCUT2D eigenvalue weighted by Crippen LogP contribution is 2.32. The van der Waals surface area contributed by atoms with Crippen LogP contribution in [0.15, 0.2) is 36.5 Å². The molecule has 2 rings (SSSR count). The average Bonchev–Trinajstić information content (AvgIpc) is 2.73. The minimum absolute atomic E-state index is 0.311. The first-order valence-corrected chi connectivity index (χ1v) is 6.24. The number of benzene rings is 1. The van der Waals surface area contributed by atoms with Gasteiger partial charge in [0.05, 0.1) is 10.6 Å². The Balaban J connectivity index is 2.32. The Bertz CT molecular complexity index is 704. The van der Waals surface area contributed by atoms with Crippen molar-refractivity contribution in [2.45, 2.75) is 6.18 Å². The molecule has 0 radical (unpaired) electrons. The third-order valence-corrected chi connectivity index (χ3v) is 2.99. The summed E-state index contributed by atoms with van der Waals surface area (Å²) < 4.78 is 39.9. The topological polar surface area (TPSA) is 34.9 Å². The lowest BCUT2D eigenvalue weighted by molar-refractivity contribution is -0.137. The summed E-state index contributed by atoms with van der Waals surface area (Å²) in [6, 6.07) is 4.62. The molecule has 7 heteroatoms. The van der Waals surface area contributed by atoms with Gasteiger partial charge < -0.3 is 0 Å². The Morgan fingerprint density at radius 3 is 2.57 bits per heavy atom. The van der Waals surface area contributed by atoms with E-state index >= 15 is 0 Å². The molecule has 1 aromatic carbocycles. The molecule has 1 heterocycles. The van der Waals surface area contributed by atoms with Gasteiger partial charge in [0.1, 0.15) is 5.69 Å². The second-order valence-electron chi connectivity index (χ2n) is 4.28. The lowest BCUT2D eigenvalue weighted by Gasteiger charge is -2.10. The quantitative estimate of drug-likeness (QED) is 0.634. The molecule has 0 unspecified atom stereocenters. The van der Waals surface area contributed by atoms with Crippen molar-refractivity contribution in [3.8, 4) is 0 Å². The number of aromatic nitrogens is 2. The number of alkyl halides is 3. The van der Waals surface area contributed by atoms with Gasteiger partial charge in [-0.2, -0.15) is 18.3 Å². The van der Waals surface area contributed by atoms with Gasteiger partial charge in [0.25, 0.3) is 0 Å². The predicted octanol–water partition coefficient (Wildman–Crippen LogP) is 3.99. The van der Waals surface area contributed by atoms with Crippen molar-refractivity contribution in [1.82, 2.24) is 9.78 Å². The number of ketones is 1. The molecule has 110 valence electrons. The van der Waals surface area contributed by atoms with E-state index in [1.807, 2.05) is 0 Å². The number of halogens is 4. The molecule has 1 aromatic heterocycles. The van der Waals surface area contributed by atoms with Gasteiger partial charge >= 0.3 is 6.18 Å². The van der Waals surface area contributed by atoms with Crippen molar-refractivity contribution in [3.05, 3.63) is 58.4 Å². The number of rotatable bonds is 3. The second-order valence-corrected chi connectivity index (χ2v) is 4.68. The van der Waals surface area contributed by atoms with Crippen LogP contribution in [-0.2, 0) is 13.2 Å². The highest BCUT2D eigenvalue weighted by molar-refractivity contribution is 6.31. The second kappa shape index (κ2) is 5.73. The highest BCUT2D eigenvalue weighted by atomic mass is 35.5. The molecular formula is C14H10ClF3N2O. The molecule has 0 fully saturated rings. The van der Waals surface area contributed by atoms with E-state index in [0.717, 1.165) is 18.2 Å². The van der Waals surface area contributed by atoms with E-state index in [0.29, 0.717) is 10.7 Å². The van der Waals surface area contributed by atoms with Crippen molar-refractivity contribution in [3.63, 3.8) is 0 Å². The van der Waals surface area contributed by atoms with Crippen LogP contribution in [-0.4, -0.2) is 15.6 Å². The van der Waals surface area contributed by atoms with E-state index in [2.05, 4.69) is 5.10 Å². The first kappa shape index (κ1) is 15.3. The highest BCUT2D eigenvalue weighted by Gasteiger charge is 2.34. The van der Waals surface area contributed by atoms with E-state index in [9.17, 15) is 18.0 Å². The summed E-state index contributed by atoms with van der Waals surface area (Å²) in [7, 11) is 1.64. The van der Waals surface area contributed by atoms with Crippen LogP contribution >= 0.6 is 11.6 Å². The maximum absolute atomic E-state index is 12.8. The number of nitrogens with zero attached hydrogens (tertiary/aromatic N) is 2. The smallest absolute Gasteiger partial charge is 0.289 e. The van der Waals surface area contributed by atoms with E-state index in [-0.39, 0.29) is 0 Å². The summed E-state index contributed by atoms with van der Waals surface area (Å²) in [5.74, 6) is -0.760. The van der Waals surface area contributed by atoms with E-state index in [1.165, 1.54) is 29.1 Å². The van der Waals surface area contributed by atoms with E-state index in [1.54, 1.807) is 7.05 Å². The molecule has 0 spiro atoms. The molecule has 0 amide bonds.